The summed E-state index contributed by atoms with van der Waals surface area (Å²) in [4.78, 5) is 24.6. The summed E-state index contributed by atoms with van der Waals surface area (Å²) in [5, 5.41) is 1.42. The fourth-order valence-electron chi connectivity index (χ4n) is 2.89. The number of carbonyl (C=O) groups excluding carboxylic acids is 2. The van der Waals surface area contributed by atoms with Gasteiger partial charge in [0.25, 0.3) is 5.91 Å². The van der Waals surface area contributed by atoms with Gasteiger partial charge in [-0.15, -0.1) is 0 Å². The van der Waals surface area contributed by atoms with Gasteiger partial charge < -0.3 is 9.47 Å². The number of rotatable bonds is 6. The second-order valence-electron chi connectivity index (χ2n) is 6.11. The molecular weight excluding hydrogens is 390 g/mol. The van der Waals surface area contributed by atoms with Crippen LogP contribution >= 0.6 is 11.6 Å². The molecule has 3 aromatic rings. The number of carbonyl (C=O) groups is 2. The van der Waals surface area contributed by atoms with Gasteiger partial charge in [-0.25, -0.2) is 4.79 Å². The van der Waals surface area contributed by atoms with Crippen molar-refractivity contribution in [2.45, 2.75) is 6.92 Å². The Morgan fingerprint density at radius 3 is 2.52 bits per heavy atom. The molecule has 0 aliphatic rings. The van der Waals surface area contributed by atoms with E-state index in [0.717, 1.165) is 10.9 Å². The van der Waals surface area contributed by atoms with Crippen LogP contribution in [0.15, 0.2) is 66.8 Å². The molecule has 0 aliphatic carbocycles. The molecule has 0 saturated heterocycles. The van der Waals surface area contributed by atoms with Gasteiger partial charge in [-0.3, -0.25) is 9.36 Å². The van der Waals surface area contributed by atoms with E-state index in [9.17, 15) is 9.59 Å². The Kier molecular flexibility index (Phi) is 6.52. The number of benzene rings is 2. The van der Waals surface area contributed by atoms with Crippen LogP contribution in [-0.2, 0) is 9.53 Å². The Morgan fingerprint density at radius 2 is 1.83 bits per heavy atom. The molecule has 0 amide bonds. The second kappa shape index (κ2) is 9.26. The van der Waals surface area contributed by atoms with Crippen LogP contribution in [0.1, 0.15) is 23.0 Å². The third-order valence-corrected chi connectivity index (χ3v) is 4.48. The number of hydrogen-bond acceptors (Lipinski definition) is 4. The van der Waals surface area contributed by atoms with E-state index in [2.05, 4.69) is 0 Å². The Hall–Kier alpha value is -3.31. The average Bonchev–Trinajstić information content (AvgIpc) is 3.08. The molecule has 0 aliphatic heterocycles. The molecule has 0 atom stereocenters. The second-order valence-corrected chi connectivity index (χ2v) is 6.55. The van der Waals surface area contributed by atoms with Gasteiger partial charge in [0, 0.05) is 27.7 Å². The van der Waals surface area contributed by atoms with Crippen LogP contribution in [-0.4, -0.2) is 30.2 Å². The molecule has 29 heavy (non-hydrogen) atoms. The zero-order valence-electron chi connectivity index (χ0n) is 16.1. The molecule has 0 unspecified atom stereocenters. The Bertz CT molecular complexity index is 1090. The highest BCUT2D eigenvalue weighted by atomic mass is 35.5. The minimum Gasteiger partial charge on any atom is -0.497 e. The van der Waals surface area contributed by atoms with Gasteiger partial charge in [-0.05, 0) is 61.5 Å². The summed E-state index contributed by atoms with van der Waals surface area (Å²) >= 11 is 5.94. The molecule has 1 heterocycles. The molecule has 2 aromatic carbocycles. The first-order chi connectivity index (χ1) is 14.0. The van der Waals surface area contributed by atoms with E-state index in [1.165, 1.54) is 6.08 Å². The first kappa shape index (κ1) is 20.4. The molecule has 0 radical (unpaired) electrons. The highest BCUT2D eigenvalue weighted by molar-refractivity contribution is 6.30. The monoisotopic (exact) mass is 409 g/mol. The smallest absolute Gasteiger partial charge is 0.330 e. The zero-order valence-corrected chi connectivity index (χ0v) is 16.8. The summed E-state index contributed by atoms with van der Waals surface area (Å²) < 4.78 is 11.8. The quantitative estimate of drug-likeness (QED) is 0.322. The summed E-state index contributed by atoms with van der Waals surface area (Å²) in [6.07, 6.45) is 6.36. The van der Waals surface area contributed by atoms with E-state index in [4.69, 9.17) is 21.1 Å². The number of aromatic nitrogens is 1. The van der Waals surface area contributed by atoms with Gasteiger partial charge in [0.15, 0.2) is 0 Å². The number of fused-ring (bicyclic) bond motifs is 1. The van der Waals surface area contributed by atoms with Gasteiger partial charge in [-0.2, -0.15) is 0 Å². The molecule has 6 heteroatoms. The third kappa shape index (κ3) is 4.76. The molecule has 0 bridgehead atoms. The average molecular weight is 410 g/mol. The number of halogens is 1. The predicted molar refractivity (Wildman–Crippen MR) is 114 cm³/mol. The SMILES string of the molecule is CCOC(=O)C=CC=Cc1cc2cc(OC)ccc2n1C(=O)c1ccc(Cl)cc1. The molecule has 5 nitrogen and oxygen atoms in total. The van der Waals surface area contributed by atoms with Gasteiger partial charge in [0.1, 0.15) is 5.75 Å². The van der Waals surface area contributed by atoms with Crippen molar-refractivity contribution in [3.63, 3.8) is 0 Å². The largest absolute Gasteiger partial charge is 0.497 e. The van der Waals surface area contributed by atoms with Crippen molar-refractivity contribution in [3.8, 4) is 5.75 Å². The van der Waals surface area contributed by atoms with Crippen molar-refractivity contribution >= 4 is 40.5 Å². The van der Waals surface area contributed by atoms with Gasteiger partial charge >= 0.3 is 5.97 Å². The summed E-state index contributed by atoms with van der Waals surface area (Å²) in [6.45, 7) is 2.06. The topological polar surface area (TPSA) is 57.5 Å². The van der Waals surface area contributed by atoms with Crippen molar-refractivity contribution < 1.29 is 19.1 Å². The first-order valence-corrected chi connectivity index (χ1v) is 9.42. The summed E-state index contributed by atoms with van der Waals surface area (Å²) in [7, 11) is 1.60. The predicted octanol–water partition coefficient (Wildman–Crippen LogP) is 5.12. The van der Waals surface area contributed by atoms with Crippen molar-refractivity contribution in [1.29, 1.82) is 0 Å². The molecule has 3 rings (SSSR count). The van der Waals surface area contributed by atoms with Gasteiger partial charge in [-0.1, -0.05) is 23.8 Å². The van der Waals surface area contributed by atoms with Crippen molar-refractivity contribution in [2.24, 2.45) is 0 Å². The Labute approximate surface area is 173 Å². The fraction of sp³-hybridized carbons (Fsp3) is 0.130. The maximum absolute atomic E-state index is 13.2. The highest BCUT2D eigenvalue weighted by Crippen LogP contribution is 2.26. The minimum atomic E-state index is -0.417. The molecule has 0 spiro atoms. The van der Waals surface area contributed by atoms with Gasteiger partial charge in [0.05, 0.1) is 19.2 Å². The maximum Gasteiger partial charge on any atom is 0.330 e. The minimum absolute atomic E-state index is 0.184. The van der Waals surface area contributed by atoms with E-state index in [-0.39, 0.29) is 5.91 Å². The number of nitrogens with zero attached hydrogens (tertiary/aromatic N) is 1. The van der Waals surface area contributed by atoms with Crippen molar-refractivity contribution in [3.05, 3.63) is 83.0 Å². The fourth-order valence-corrected chi connectivity index (χ4v) is 3.02. The van der Waals surface area contributed by atoms with Crippen LogP contribution in [0.2, 0.25) is 5.02 Å². The lowest BCUT2D eigenvalue weighted by atomic mass is 10.2. The molecule has 1 aromatic heterocycles. The lowest BCUT2D eigenvalue weighted by molar-refractivity contribution is -0.137. The van der Waals surface area contributed by atoms with Crippen LogP contribution < -0.4 is 4.74 Å². The van der Waals surface area contributed by atoms with Crippen LogP contribution in [0, 0.1) is 0 Å². The summed E-state index contributed by atoms with van der Waals surface area (Å²) in [6, 6.07) is 14.1. The first-order valence-electron chi connectivity index (χ1n) is 9.04. The van der Waals surface area contributed by atoms with E-state index in [1.54, 1.807) is 61.1 Å². The number of hydrogen-bond donors (Lipinski definition) is 0. The van der Waals surface area contributed by atoms with Crippen LogP contribution in [0.3, 0.4) is 0 Å². The Morgan fingerprint density at radius 1 is 1.07 bits per heavy atom. The standard InChI is InChI=1S/C23H20ClNO4/c1-3-29-22(26)7-5-4-6-19-14-17-15-20(28-2)12-13-21(17)25(19)23(27)16-8-10-18(24)11-9-16/h4-15H,3H2,1-2H3. The van der Waals surface area contributed by atoms with E-state index >= 15 is 0 Å². The third-order valence-electron chi connectivity index (χ3n) is 4.23. The molecule has 0 fully saturated rings. The molecular formula is C23H20ClNO4. The number of esters is 1. The van der Waals surface area contributed by atoms with Gasteiger partial charge in [0.2, 0.25) is 0 Å². The molecule has 0 N–H and O–H groups in total. The normalized spacial score (nSPS) is 11.4. The molecule has 0 saturated carbocycles. The van der Waals surface area contributed by atoms with E-state index < -0.39 is 5.97 Å². The lowest BCUT2D eigenvalue weighted by Crippen LogP contribution is -2.13. The highest BCUT2D eigenvalue weighted by Gasteiger charge is 2.16. The van der Waals surface area contributed by atoms with E-state index in [0.29, 0.717) is 28.6 Å². The number of allylic oxidation sites excluding steroid dienone is 2. The number of methoxy groups -OCH3 is 1. The van der Waals surface area contributed by atoms with Crippen molar-refractivity contribution in [2.75, 3.05) is 13.7 Å². The zero-order chi connectivity index (χ0) is 20.8. The van der Waals surface area contributed by atoms with Crippen LogP contribution in [0.25, 0.3) is 17.0 Å². The Balaban J connectivity index is 2.03. The van der Waals surface area contributed by atoms with Crippen LogP contribution in [0.4, 0.5) is 0 Å². The van der Waals surface area contributed by atoms with E-state index in [1.807, 2.05) is 24.3 Å². The molecule has 148 valence electrons. The lowest BCUT2D eigenvalue weighted by Gasteiger charge is -2.08. The number of ether oxygens (including phenoxy) is 2. The van der Waals surface area contributed by atoms with Crippen LogP contribution in [0.5, 0.6) is 5.75 Å². The summed E-state index contributed by atoms with van der Waals surface area (Å²) in [5.41, 5.74) is 1.93. The maximum atomic E-state index is 13.2. The summed E-state index contributed by atoms with van der Waals surface area (Å²) in [5.74, 6) is 0.0989. The van der Waals surface area contributed by atoms with Crippen molar-refractivity contribution in [1.82, 2.24) is 4.57 Å².